The van der Waals surface area contributed by atoms with E-state index in [1.807, 2.05) is 37.8 Å². The van der Waals surface area contributed by atoms with Crippen molar-refractivity contribution in [2.75, 3.05) is 6.54 Å². The summed E-state index contributed by atoms with van der Waals surface area (Å²) in [6.07, 6.45) is 3.96. The highest BCUT2D eigenvalue weighted by molar-refractivity contribution is 5.77. The van der Waals surface area contributed by atoms with Crippen LogP contribution in [0.5, 0.6) is 0 Å². The lowest BCUT2D eigenvalue weighted by Gasteiger charge is -2.32. The molecule has 0 N–H and O–H groups in total. The van der Waals surface area contributed by atoms with Crippen LogP contribution in [0.2, 0.25) is 0 Å². The number of hydrogen-bond acceptors (Lipinski definition) is 2. The molecular weight excluding hydrogens is 291 g/mol. The predicted molar refractivity (Wildman–Crippen MR) is 89.3 cm³/mol. The molecule has 0 saturated carbocycles. The molecule has 0 aliphatic heterocycles. The van der Waals surface area contributed by atoms with Gasteiger partial charge in [-0.25, -0.2) is 4.39 Å². The van der Waals surface area contributed by atoms with E-state index in [9.17, 15) is 9.18 Å². The number of aromatic nitrogens is 1. The summed E-state index contributed by atoms with van der Waals surface area (Å²) in [6, 6.07) is 9.88. The first-order valence-corrected chi connectivity index (χ1v) is 7.97. The second kappa shape index (κ2) is 7.86. The maximum atomic E-state index is 13.3. The molecule has 0 bridgehead atoms. The molecule has 0 unspecified atom stereocenters. The van der Waals surface area contributed by atoms with E-state index >= 15 is 0 Å². The lowest BCUT2D eigenvalue weighted by molar-refractivity contribution is -0.133. The van der Waals surface area contributed by atoms with E-state index in [-0.39, 0.29) is 17.8 Å². The summed E-state index contributed by atoms with van der Waals surface area (Å²) in [6.45, 7) is 6.61. The van der Waals surface area contributed by atoms with Crippen molar-refractivity contribution in [1.82, 2.24) is 9.88 Å². The number of nitrogens with zero attached hydrogens (tertiary/aromatic N) is 2. The Hall–Kier alpha value is -2.23. The Balaban J connectivity index is 2.43. The molecule has 2 aromatic rings. The lowest BCUT2D eigenvalue weighted by atomic mass is 9.97. The minimum Gasteiger partial charge on any atom is -0.332 e. The van der Waals surface area contributed by atoms with Gasteiger partial charge in [0.25, 0.3) is 0 Å². The van der Waals surface area contributed by atoms with Crippen LogP contribution < -0.4 is 0 Å². The maximum Gasteiger partial charge on any atom is 0.223 e. The van der Waals surface area contributed by atoms with Crippen LogP contribution in [-0.2, 0) is 4.79 Å². The number of carbonyl (C=O) groups is 1. The van der Waals surface area contributed by atoms with Crippen molar-refractivity contribution in [1.29, 1.82) is 0 Å². The van der Waals surface area contributed by atoms with Crippen LogP contribution in [0.4, 0.5) is 4.39 Å². The first-order valence-electron chi connectivity index (χ1n) is 7.97. The molecule has 0 spiro atoms. The minimum absolute atomic E-state index is 0.0979. The molecule has 1 atom stereocenters. The third kappa shape index (κ3) is 4.38. The quantitative estimate of drug-likeness (QED) is 0.800. The van der Waals surface area contributed by atoms with E-state index in [0.29, 0.717) is 18.9 Å². The van der Waals surface area contributed by atoms with Crippen LogP contribution in [0.1, 0.15) is 44.4 Å². The number of benzene rings is 1. The Morgan fingerprint density at radius 2 is 1.87 bits per heavy atom. The van der Waals surface area contributed by atoms with Crippen molar-refractivity contribution in [2.45, 2.75) is 33.2 Å². The van der Waals surface area contributed by atoms with Gasteiger partial charge in [0, 0.05) is 25.4 Å². The molecule has 0 fully saturated rings. The zero-order valence-electron chi connectivity index (χ0n) is 13.9. The van der Waals surface area contributed by atoms with Crippen LogP contribution in [0.25, 0.3) is 0 Å². The van der Waals surface area contributed by atoms with Gasteiger partial charge in [-0.1, -0.05) is 32.0 Å². The van der Waals surface area contributed by atoms with Gasteiger partial charge in [-0.2, -0.15) is 0 Å². The maximum absolute atomic E-state index is 13.3. The lowest BCUT2D eigenvalue weighted by Crippen LogP contribution is -2.36. The van der Waals surface area contributed by atoms with Crippen LogP contribution in [0.3, 0.4) is 0 Å². The van der Waals surface area contributed by atoms with Crippen LogP contribution in [0, 0.1) is 11.7 Å². The van der Waals surface area contributed by atoms with Gasteiger partial charge in [0.05, 0.1) is 6.04 Å². The Morgan fingerprint density at radius 1 is 1.17 bits per heavy atom. The summed E-state index contributed by atoms with van der Waals surface area (Å²) in [7, 11) is 0. The van der Waals surface area contributed by atoms with Gasteiger partial charge in [-0.05, 0) is 42.2 Å². The topological polar surface area (TPSA) is 33.2 Å². The Bertz CT molecular complexity index is 626. The summed E-state index contributed by atoms with van der Waals surface area (Å²) in [5.74, 6) is 0.107. The van der Waals surface area contributed by atoms with Crippen molar-refractivity contribution in [3.05, 3.63) is 65.7 Å². The van der Waals surface area contributed by atoms with Gasteiger partial charge in [-0.15, -0.1) is 0 Å². The molecule has 1 aromatic carbocycles. The molecule has 23 heavy (non-hydrogen) atoms. The van der Waals surface area contributed by atoms with E-state index in [0.717, 1.165) is 11.1 Å². The molecule has 0 saturated heterocycles. The normalized spacial score (nSPS) is 12.2. The molecule has 0 aliphatic carbocycles. The van der Waals surface area contributed by atoms with E-state index in [4.69, 9.17) is 0 Å². The van der Waals surface area contributed by atoms with Crippen molar-refractivity contribution in [3.63, 3.8) is 0 Å². The molecule has 4 heteroatoms. The minimum atomic E-state index is -0.282. The van der Waals surface area contributed by atoms with E-state index < -0.39 is 0 Å². The van der Waals surface area contributed by atoms with Crippen molar-refractivity contribution >= 4 is 5.91 Å². The van der Waals surface area contributed by atoms with Crippen LogP contribution >= 0.6 is 0 Å². The standard InChI is InChI=1S/C19H23FN2O/c1-4-22(18(23)12-14(2)3)19(16-6-5-11-21-13-16)15-7-9-17(20)10-8-15/h5-11,13-14,19H,4,12H2,1-3H3/t19-/m1/s1. The Labute approximate surface area is 137 Å². The Kier molecular flexibility index (Phi) is 5.85. The fourth-order valence-electron chi connectivity index (χ4n) is 2.70. The number of amides is 1. The molecule has 122 valence electrons. The fourth-order valence-corrected chi connectivity index (χ4v) is 2.70. The summed E-state index contributed by atoms with van der Waals surface area (Å²) >= 11 is 0. The highest BCUT2D eigenvalue weighted by Crippen LogP contribution is 2.29. The van der Waals surface area contributed by atoms with Gasteiger partial charge in [0.1, 0.15) is 5.82 Å². The highest BCUT2D eigenvalue weighted by Gasteiger charge is 2.26. The largest absolute Gasteiger partial charge is 0.332 e. The number of carbonyl (C=O) groups excluding carboxylic acids is 1. The SMILES string of the molecule is CCN(C(=O)CC(C)C)[C@H](c1ccc(F)cc1)c1cccnc1. The number of pyridine rings is 1. The fraction of sp³-hybridized carbons (Fsp3) is 0.368. The number of halogens is 1. The third-order valence-electron chi connectivity index (χ3n) is 3.74. The van der Waals surface area contributed by atoms with E-state index in [1.54, 1.807) is 24.5 Å². The molecule has 0 aliphatic rings. The van der Waals surface area contributed by atoms with Crippen molar-refractivity contribution < 1.29 is 9.18 Å². The van der Waals surface area contributed by atoms with Gasteiger partial charge in [0.2, 0.25) is 5.91 Å². The Morgan fingerprint density at radius 3 is 2.39 bits per heavy atom. The molecule has 3 nitrogen and oxygen atoms in total. The molecule has 1 heterocycles. The molecule has 1 amide bonds. The first kappa shape index (κ1) is 17.1. The van der Waals surface area contributed by atoms with Gasteiger partial charge < -0.3 is 4.90 Å². The molecule has 2 rings (SSSR count). The average Bonchev–Trinajstić information content (AvgIpc) is 2.53. The second-order valence-corrected chi connectivity index (χ2v) is 6.02. The summed E-state index contributed by atoms with van der Waals surface area (Å²) in [5, 5.41) is 0. The highest BCUT2D eigenvalue weighted by atomic mass is 19.1. The van der Waals surface area contributed by atoms with E-state index in [2.05, 4.69) is 4.98 Å². The van der Waals surface area contributed by atoms with Gasteiger partial charge in [0.15, 0.2) is 0 Å². The third-order valence-corrected chi connectivity index (χ3v) is 3.74. The summed E-state index contributed by atoms with van der Waals surface area (Å²) in [5.41, 5.74) is 1.82. The zero-order valence-corrected chi connectivity index (χ0v) is 13.9. The van der Waals surface area contributed by atoms with Crippen molar-refractivity contribution in [3.8, 4) is 0 Å². The van der Waals surface area contributed by atoms with E-state index in [1.165, 1.54) is 12.1 Å². The monoisotopic (exact) mass is 314 g/mol. The zero-order chi connectivity index (χ0) is 16.8. The average molecular weight is 314 g/mol. The molecule has 0 radical (unpaired) electrons. The van der Waals surface area contributed by atoms with Crippen molar-refractivity contribution in [2.24, 2.45) is 5.92 Å². The molecule has 1 aromatic heterocycles. The predicted octanol–water partition coefficient (Wildman–Crippen LogP) is 4.20. The first-order chi connectivity index (χ1) is 11.0. The smallest absolute Gasteiger partial charge is 0.223 e. The van der Waals surface area contributed by atoms with Crippen LogP contribution in [0.15, 0.2) is 48.8 Å². The summed E-state index contributed by atoms with van der Waals surface area (Å²) < 4.78 is 13.3. The number of rotatable bonds is 6. The molecular formula is C19H23FN2O. The van der Waals surface area contributed by atoms with Gasteiger partial charge >= 0.3 is 0 Å². The summed E-state index contributed by atoms with van der Waals surface area (Å²) in [4.78, 5) is 18.7. The second-order valence-electron chi connectivity index (χ2n) is 6.02. The van der Waals surface area contributed by atoms with Crippen LogP contribution in [-0.4, -0.2) is 22.3 Å². The van der Waals surface area contributed by atoms with Gasteiger partial charge in [-0.3, -0.25) is 9.78 Å². The number of hydrogen-bond donors (Lipinski definition) is 0.